The van der Waals surface area contributed by atoms with E-state index in [0.29, 0.717) is 0 Å². The number of benzene rings is 2. The van der Waals surface area contributed by atoms with Crippen molar-refractivity contribution < 1.29 is 44.8 Å². The summed E-state index contributed by atoms with van der Waals surface area (Å²) < 4.78 is 1.87. The summed E-state index contributed by atoms with van der Waals surface area (Å²) in [5.74, 6) is 5.98. The Morgan fingerprint density at radius 3 is 1.81 bits per heavy atom. The zero-order valence-corrected chi connectivity index (χ0v) is 28.9. The topological polar surface area (TPSA) is 0 Å². The third-order valence-corrected chi connectivity index (χ3v) is 12.9. The van der Waals surface area contributed by atoms with Gasteiger partial charge in [0.15, 0.2) is 0 Å². The molecule has 43 heavy (non-hydrogen) atoms. The van der Waals surface area contributed by atoms with Crippen molar-refractivity contribution in [2.24, 2.45) is 23.7 Å². The molecule has 2 aromatic rings. The van der Waals surface area contributed by atoms with Crippen LogP contribution >= 0.6 is 0 Å². The van der Waals surface area contributed by atoms with Crippen LogP contribution in [0.1, 0.15) is 137 Å². The summed E-state index contributed by atoms with van der Waals surface area (Å²) in [6.45, 7) is 0. The minimum Gasteiger partial charge on any atom is -0.179 e. The van der Waals surface area contributed by atoms with Gasteiger partial charge in [-0.3, -0.25) is 6.08 Å². The predicted octanol–water partition coefficient (Wildman–Crippen LogP) is 4.63. The SMILES string of the molecule is [C-]1=CC=CC1.[Cl-].[Cl-].[Ti+2]=[C]1C2CC3CC(C2)CC1C3.[c-]1cc(C2CCCCC2)cc2c1Cc1ccc(C3CCCCC3)cc1-2. The maximum Gasteiger partial charge on any atom is -0.0162 e. The number of hydrogen-bond acceptors (Lipinski definition) is 0. The van der Waals surface area contributed by atoms with E-state index in [1.54, 1.807) is 43.2 Å². The number of halogens is 2. The van der Waals surface area contributed by atoms with Crippen LogP contribution in [0.25, 0.3) is 11.1 Å². The molecule has 4 bridgehead atoms. The largest absolute Gasteiger partial charge is 0.179 e. The Labute approximate surface area is 285 Å². The second-order valence-corrected chi connectivity index (χ2v) is 15.3. The average Bonchev–Trinajstić information content (AvgIpc) is 3.72. The van der Waals surface area contributed by atoms with E-state index in [1.165, 1.54) is 86.5 Å². The first-order valence-corrected chi connectivity index (χ1v) is 18.0. The van der Waals surface area contributed by atoms with Crippen molar-refractivity contribution in [2.75, 3.05) is 0 Å². The van der Waals surface area contributed by atoms with Crippen LogP contribution in [-0.4, -0.2) is 3.81 Å². The molecular formula is C40H48Cl2Ti-2. The summed E-state index contributed by atoms with van der Waals surface area (Å²) in [6.07, 6.45) is 32.9. The van der Waals surface area contributed by atoms with Gasteiger partial charge in [-0.25, -0.2) is 12.2 Å². The average molecular weight is 648 g/mol. The zero-order valence-electron chi connectivity index (χ0n) is 25.9. The summed E-state index contributed by atoms with van der Waals surface area (Å²) in [6, 6.07) is 15.9. The monoisotopic (exact) mass is 646 g/mol. The van der Waals surface area contributed by atoms with Crippen molar-refractivity contribution in [1.82, 2.24) is 0 Å². The first kappa shape index (κ1) is 33.4. The Morgan fingerprint density at radius 1 is 0.651 bits per heavy atom. The standard InChI is InChI=1S/C25H29.C10H14.C5H5.2ClH.Ti/c1-3-7-18(8-4-1)20-11-13-22-15-23-14-12-21(17-25(23)24(22)16-20)19-9-5-2-6-10-19;1-7-2-9-4-8(1)5-10(3-7)6-9;1-2-4-5-3-1;;;/h11-13,16-19H,1-10,15H2;7-10H,1-5H2;1-3H,4H2;2*1H;/q-1;;-1;;;+2/p-2. The van der Waals surface area contributed by atoms with Crippen LogP contribution in [0.5, 0.6) is 0 Å². The molecule has 0 saturated heterocycles. The minimum absolute atomic E-state index is 0. The van der Waals surface area contributed by atoms with Gasteiger partial charge in [-0.05, 0) is 30.7 Å². The van der Waals surface area contributed by atoms with Gasteiger partial charge in [0, 0.05) is 0 Å². The van der Waals surface area contributed by atoms with Crippen LogP contribution in [0, 0.1) is 35.8 Å². The molecule has 8 aliphatic carbocycles. The smallest absolute Gasteiger partial charge is 0.0162 e. The number of fused-ring (bicyclic) bond motifs is 3. The molecular weight excluding hydrogens is 599 g/mol. The summed E-state index contributed by atoms with van der Waals surface area (Å²) in [5, 5.41) is 0. The molecule has 228 valence electrons. The fourth-order valence-corrected chi connectivity index (χ4v) is 10.2. The molecule has 0 unspecified atom stereocenters. The minimum atomic E-state index is 0. The molecule has 0 radical (unpaired) electrons. The third-order valence-electron chi connectivity index (χ3n) is 11.6. The van der Waals surface area contributed by atoms with Gasteiger partial charge >= 0.3 is 79.6 Å². The molecule has 0 heterocycles. The Balaban J connectivity index is 0.000000168. The van der Waals surface area contributed by atoms with Crippen molar-refractivity contribution in [3.8, 4) is 11.1 Å². The van der Waals surface area contributed by atoms with E-state index in [1.807, 2.05) is 16.0 Å². The molecule has 0 amide bonds. The van der Waals surface area contributed by atoms with Gasteiger partial charge in [-0.1, -0.05) is 86.6 Å². The number of allylic oxidation sites excluding steroid dienone is 4. The van der Waals surface area contributed by atoms with Crippen LogP contribution in [-0.2, 0) is 26.4 Å². The predicted molar refractivity (Wildman–Crippen MR) is 169 cm³/mol. The molecule has 6 fully saturated rings. The van der Waals surface area contributed by atoms with Crippen molar-refractivity contribution in [3.63, 3.8) is 0 Å². The van der Waals surface area contributed by atoms with Gasteiger partial charge in [0.2, 0.25) is 0 Å². The molecule has 0 aliphatic heterocycles. The molecule has 3 heteroatoms. The Morgan fingerprint density at radius 2 is 1.26 bits per heavy atom. The van der Waals surface area contributed by atoms with E-state index in [0.717, 1.165) is 48.3 Å². The van der Waals surface area contributed by atoms with Crippen molar-refractivity contribution in [3.05, 3.63) is 83.0 Å². The van der Waals surface area contributed by atoms with Crippen molar-refractivity contribution in [1.29, 1.82) is 0 Å². The normalized spacial score (nSPS) is 28.1. The van der Waals surface area contributed by atoms with E-state index in [4.69, 9.17) is 0 Å². The Kier molecular flexibility index (Phi) is 12.1. The second-order valence-electron chi connectivity index (χ2n) is 14.4. The second kappa shape index (κ2) is 15.6. The molecule has 0 N–H and O–H groups in total. The molecule has 8 aliphatic rings. The summed E-state index contributed by atoms with van der Waals surface area (Å²) >= 11 is 2.42. The van der Waals surface area contributed by atoms with Crippen LogP contribution < -0.4 is 24.8 Å². The zero-order chi connectivity index (χ0) is 27.6. The maximum atomic E-state index is 3.66. The third kappa shape index (κ3) is 7.73. The van der Waals surface area contributed by atoms with Gasteiger partial charge in [0.25, 0.3) is 0 Å². The fourth-order valence-electron chi connectivity index (χ4n) is 9.51. The van der Waals surface area contributed by atoms with Gasteiger partial charge in [0.1, 0.15) is 0 Å². The van der Waals surface area contributed by atoms with Gasteiger partial charge in [0.05, 0.1) is 0 Å². The maximum absolute atomic E-state index is 3.66. The van der Waals surface area contributed by atoms with Crippen molar-refractivity contribution >= 4 is 3.81 Å². The fraction of sp³-hybridized carbons (Fsp3) is 0.575. The van der Waals surface area contributed by atoms with Gasteiger partial charge in [-0.2, -0.15) is 35.4 Å². The van der Waals surface area contributed by atoms with Crippen LogP contribution in [0.2, 0.25) is 0 Å². The van der Waals surface area contributed by atoms with E-state index in [-0.39, 0.29) is 24.8 Å². The van der Waals surface area contributed by atoms with Gasteiger partial charge < -0.3 is 24.8 Å². The summed E-state index contributed by atoms with van der Waals surface area (Å²) in [5.41, 5.74) is 9.11. The number of rotatable bonds is 2. The molecule has 6 saturated carbocycles. The van der Waals surface area contributed by atoms with Crippen LogP contribution in [0.4, 0.5) is 0 Å². The van der Waals surface area contributed by atoms with Crippen molar-refractivity contribution in [2.45, 2.75) is 121 Å². The molecule has 0 nitrogen and oxygen atoms in total. The number of hydrogen-bond donors (Lipinski definition) is 0. The Bertz CT molecular complexity index is 1190. The van der Waals surface area contributed by atoms with E-state index in [2.05, 4.69) is 68.5 Å². The molecule has 0 atom stereocenters. The first-order chi connectivity index (χ1) is 20.2. The molecule has 0 aromatic heterocycles. The van der Waals surface area contributed by atoms with E-state index in [9.17, 15) is 0 Å². The van der Waals surface area contributed by atoms with Crippen LogP contribution in [0.3, 0.4) is 0 Å². The van der Waals surface area contributed by atoms with Crippen LogP contribution in [0.15, 0.2) is 48.6 Å². The van der Waals surface area contributed by atoms with E-state index < -0.39 is 0 Å². The first-order valence-electron chi connectivity index (χ1n) is 17.2. The summed E-state index contributed by atoms with van der Waals surface area (Å²) in [7, 11) is 0. The molecule has 0 spiro atoms. The summed E-state index contributed by atoms with van der Waals surface area (Å²) in [4.78, 5) is 0. The quantitative estimate of drug-likeness (QED) is 0.282. The van der Waals surface area contributed by atoms with Gasteiger partial charge in [-0.15, -0.1) is 12.0 Å². The molecule has 2 aromatic carbocycles. The Hall–Kier alpha value is -0.916. The molecule has 10 rings (SSSR count). The van der Waals surface area contributed by atoms with E-state index >= 15 is 0 Å².